The third-order valence-corrected chi connectivity index (χ3v) is 4.37. The molecule has 6 nitrogen and oxygen atoms in total. The quantitative estimate of drug-likeness (QED) is 0.554. The van der Waals surface area contributed by atoms with E-state index in [1.54, 1.807) is 14.2 Å². The van der Waals surface area contributed by atoms with Crippen LogP contribution in [0.2, 0.25) is 0 Å². The summed E-state index contributed by atoms with van der Waals surface area (Å²) in [5.74, 6) is 0.186. The third-order valence-electron chi connectivity index (χ3n) is 2.76. The van der Waals surface area contributed by atoms with E-state index >= 15 is 0 Å². The number of nitrogens with one attached hydrogen (secondary N) is 2. The Bertz CT molecular complexity index is 307. The highest BCUT2D eigenvalue weighted by molar-refractivity contribution is 7.87. The molecule has 1 unspecified atom stereocenters. The van der Waals surface area contributed by atoms with Gasteiger partial charge in [0.05, 0.1) is 6.61 Å². The number of hydrogen-bond acceptors (Lipinski definition) is 4. The molecule has 0 aromatic heterocycles. The Morgan fingerprint density at radius 3 is 2.39 bits per heavy atom. The largest absolute Gasteiger partial charge is 0.383 e. The number of hydrogen-bond donors (Lipinski definition) is 2. The van der Waals surface area contributed by atoms with Crippen LogP contribution in [0.3, 0.4) is 0 Å². The lowest BCUT2D eigenvalue weighted by atomic mass is 10.1. The summed E-state index contributed by atoms with van der Waals surface area (Å²) in [7, 11) is 1.57. The Morgan fingerprint density at radius 2 is 1.94 bits per heavy atom. The van der Waals surface area contributed by atoms with Gasteiger partial charge in [-0.25, -0.2) is 0 Å². The van der Waals surface area contributed by atoms with Crippen molar-refractivity contribution in [3.63, 3.8) is 0 Å². The molecule has 0 radical (unpaired) electrons. The first-order chi connectivity index (χ1) is 8.35. The van der Waals surface area contributed by atoms with E-state index in [2.05, 4.69) is 10.0 Å². The fourth-order valence-corrected chi connectivity index (χ4v) is 2.69. The molecule has 0 spiro atoms. The summed E-state index contributed by atoms with van der Waals surface area (Å²) >= 11 is 0. The van der Waals surface area contributed by atoms with E-state index in [0.717, 1.165) is 13.0 Å². The van der Waals surface area contributed by atoms with E-state index in [1.807, 2.05) is 20.9 Å². The van der Waals surface area contributed by atoms with E-state index in [1.165, 1.54) is 4.31 Å². The third kappa shape index (κ3) is 6.65. The monoisotopic (exact) mass is 281 g/mol. The zero-order valence-electron chi connectivity index (χ0n) is 12.1. The number of methoxy groups -OCH3 is 1. The van der Waals surface area contributed by atoms with Crippen LogP contribution in [0.4, 0.5) is 0 Å². The lowest BCUT2D eigenvalue weighted by Gasteiger charge is -2.25. The SMILES string of the molecule is CNCCCN(C)S(=O)(=O)NC(COC)C(C)C. The second kappa shape index (κ2) is 8.82. The second-order valence-electron chi connectivity index (χ2n) is 4.71. The summed E-state index contributed by atoms with van der Waals surface area (Å²) in [6, 6.07) is -0.202. The molecule has 0 amide bonds. The first-order valence-electron chi connectivity index (χ1n) is 6.22. The smallest absolute Gasteiger partial charge is 0.279 e. The van der Waals surface area contributed by atoms with Gasteiger partial charge >= 0.3 is 0 Å². The molecule has 0 fully saturated rings. The molecule has 0 saturated heterocycles. The van der Waals surface area contributed by atoms with Crippen LogP contribution in [0, 0.1) is 5.92 Å². The minimum Gasteiger partial charge on any atom is -0.383 e. The summed E-state index contributed by atoms with van der Waals surface area (Å²) in [4.78, 5) is 0. The maximum atomic E-state index is 12.1. The van der Waals surface area contributed by atoms with Gasteiger partial charge in [0.15, 0.2) is 0 Å². The summed E-state index contributed by atoms with van der Waals surface area (Å²) in [6.45, 7) is 5.60. The van der Waals surface area contributed by atoms with Crippen LogP contribution in [0.15, 0.2) is 0 Å². The van der Waals surface area contributed by atoms with Crippen molar-refractivity contribution in [3.8, 4) is 0 Å². The van der Waals surface area contributed by atoms with Crippen LogP contribution in [0.1, 0.15) is 20.3 Å². The molecule has 0 aliphatic carbocycles. The summed E-state index contributed by atoms with van der Waals surface area (Å²) < 4.78 is 33.2. The van der Waals surface area contributed by atoms with Crippen molar-refractivity contribution >= 4 is 10.2 Å². The number of ether oxygens (including phenoxy) is 1. The normalized spacial score (nSPS) is 14.4. The lowest BCUT2D eigenvalue weighted by molar-refractivity contribution is 0.156. The van der Waals surface area contributed by atoms with Gasteiger partial charge in [0.1, 0.15) is 0 Å². The summed E-state index contributed by atoms with van der Waals surface area (Å²) in [5, 5.41) is 2.99. The van der Waals surface area contributed by atoms with Crippen molar-refractivity contribution in [1.29, 1.82) is 0 Å². The Balaban J connectivity index is 4.42. The van der Waals surface area contributed by atoms with Crippen molar-refractivity contribution in [2.24, 2.45) is 5.92 Å². The van der Waals surface area contributed by atoms with Crippen molar-refractivity contribution in [2.45, 2.75) is 26.3 Å². The van der Waals surface area contributed by atoms with Crippen LogP contribution in [0.25, 0.3) is 0 Å². The second-order valence-corrected chi connectivity index (χ2v) is 6.52. The van der Waals surface area contributed by atoms with Gasteiger partial charge < -0.3 is 10.1 Å². The van der Waals surface area contributed by atoms with Gasteiger partial charge in [-0.15, -0.1) is 0 Å². The standard InChI is InChI=1S/C11H27N3O3S/c1-10(2)11(9-17-5)13-18(15,16)14(4)8-6-7-12-3/h10-13H,6-9H2,1-5H3. The molecule has 0 bridgehead atoms. The Kier molecular flexibility index (Phi) is 8.71. The predicted molar refractivity (Wildman–Crippen MR) is 73.7 cm³/mol. The Hall–Kier alpha value is -0.210. The van der Waals surface area contributed by atoms with Gasteiger partial charge in [0, 0.05) is 26.7 Å². The summed E-state index contributed by atoms with van der Waals surface area (Å²) in [6.07, 6.45) is 0.782. The summed E-state index contributed by atoms with van der Waals surface area (Å²) in [5.41, 5.74) is 0. The van der Waals surface area contributed by atoms with Gasteiger partial charge in [0.2, 0.25) is 0 Å². The molecule has 0 saturated carbocycles. The molecule has 18 heavy (non-hydrogen) atoms. The van der Waals surface area contributed by atoms with Crippen LogP contribution < -0.4 is 10.0 Å². The Morgan fingerprint density at radius 1 is 1.33 bits per heavy atom. The minimum absolute atomic E-state index is 0.186. The molecule has 0 aromatic rings. The van der Waals surface area contributed by atoms with E-state index in [4.69, 9.17) is 4.74 Å². The number of rotatable bonds is 10. The molecular formula is C11H27N3O3S. The van der Waals surface area contributed by atoms with Crippen LogP contribution in [-0.4, -0.2) is 59.7 Å². The van der Waals surface area contributed by atoms with E-state index in [9.17, 15) is 8.42 Å². The Labute approximate surface area is 111 Å². The van der Waals surface area contributed by atoms with Crippen LogP contribution in [0.5, 0.6) is 0 Å². The van der Waals surface area contributed by atoms with Crippen LogP contribution >= 0.6 is 0 Å². The number of nitrogens with zero attached hydrogens (tertiary/aromatic N) is 1. The zero-order valence-corrected chi connectivity index (χ0v) is 12.9. The van der Waals surface area contributed by atoms with E-state index in [-0.39, 0.29) is 12.0 Å². The van der Waals surface area contributed by atoms with Gasteiger partial charge in [-0.2, -0.15) is 17.4 Å². The predicted octanol–water partition coefficient (Wildman–Crippen LogP) is 0.0331. The van der Waals surface area contributed by atoms with Gasteiger partial charge in [-0.3, -0.25) is 0 Å². The average molecular weight is 281 g/mol. The first-order valence-corrected chi connectivity index (χ1v) is 7.66. The van der Waals surface area contributed by atoms with Crippen LogP contribution in [-0.2, 0) is 14.9 Å². The molecule has 0 heterocycles. The molecule has 0 aromatic carbocycles. The fraction of sp³-hybridized carbons (Fsp3) is 1.00. The maximum Gasteiger partial charge on any atom is 0.279 e. The molecule has 2 N–H and O–H groups in total. The molecule has 0 rings (SSSR count). The maximum absolute atomic E-state index is 12.1. The molecule has 0 aliphatic heterocycles. The zero-order chi connectivity index (χ0) is 14.2. The molecule has 0 aliphatic rings. The molecule has 1 atom stereocenters. The van der Waals surface area contributed by atoms with Gasteiger partial charge in [-0.05, 0) is 25.9 Å². The first kappa shape index (κ1) is 17.8. The van der Waals surface area contributed by atoms with Crippen molar-refractivity contribution in [2.75, 3.05) is 40.9 Å². The highest BCUT2D eigenvalue weighted by Gasteiger charge is 2.23. The van der Waals surface area contributed by atoms with E-state index < -0.39 is 10.2 Å². The molecule has 7 heteroatoms. The van der Waals surface area contributed by atoms with Crippen molar-refractivity contribution in [1.82, 2.24) is 14.3 Å². The van der Waals surface area contributed by atoms with E-state index in [0.29, 0.717) is 13.2 Å². The molecular weight excluding hydrogens is 254 g/mol. The van der Waals surface area contributed by atoms with Gasteiger partial charge in [0.25, 0.3) is 10.2 Å². The van der Waals surface area contributed by atoms with Crippen molar-refractivity contribution < 1.29 is 13.2 Å². The molecule has 110 valence electrons. The minimum atomic E-state index is -3.43. The highest BCUT2D eigenvalue weighted by Crippen LogP contribution is 2.06. The average Bonchev–Trinajstić information content (AvgIpc) is 2.28. The van der Waals surface area contributed by atoms with Crippen molar-refractivity contribution in [3.05, 3.63) is 0 Å². The lowest BCUT2D eigenvalue weighted by Crippen LogP contribution is -2.48. The van der Waals surface area contributed by atoms with Gasteiger partial charge in [-0.1, -0.05) is 13.8 Å². The topological polar surface area (TPSA) is 70.7 Å². The highest BCUT2D eigenvalue weighted by atomic mass is 32.2. The fourth-order valence-electron chi connectivity index (χ4n) is 1.42.